The highest BCUT2D eigenvalue weighted by Crippen LogP contribution is 2.37. The molecule has 1 aromatic carbocycles. The predicted octanol–water partition coefficient (Wildman–Crippen LogP) is 3.47. The van der Waals surface area contributed by atoms with Gasteiger partial charge in [-0.3, -0.25) is 4.68 Å². The van der Waals surface area contributed by atoms with E-state index in [-0.39, 0.29) is 6.04 Å². The van der Waals surface area contributed by atoms with E-state index in [1.165, 1.54) is 4.68 Å². The zero-order valence-electron chi connectivity index (χ0n) is 18.9. The minimum absolute atomic E-state index is 0.175. The largest absolute Gasteiger partial charge is 0.491 e. The number of hydrogen-bond donors (Lipinski definition) is 1. The summed E-state index contributed by atoms with van der Waals surface area (Å²) >= 11 is 0. The summed E-state index contributed by atoms with van der Waals surface area (Å²) in [7, 11) is 0. The van der Waals surface area contributed by atoms with Crippen molar-refractivity contribution in [3.8, 4) is 39.8 Å². The molecule has 4 heterocycles. The van der Waals surface area contributed by atoms with Gasteiger partial charge in [-0.25, -0.2) is 19.4 Å². The number of carboxylic acids is 1. The summed E-state index contributed by atoms with van der Waals surface area (Å²) in [5.74, 6) is 1.32. The van der Waals surface area contributed by atoms with Crippen molar-refractivity contribution in [3.05, 3.63) is 43.1 Å². The van der Waals surface area contributed by atoms with Crippen molar-refractivity contribution in [2.45, 2.75) is 45.8 Å². The number of aromatic nitrogens is 7. The Bertz CT molecular complexity index is 1350. The van der Waals surface area contributed by atoms with Crippen LogP contribution in [-0.2, 0) is 16.9 Å². The molecule has 0 unspecified atom stereocenters. The van der Waals surface area contributed by atoms with E-state index >= 15 is 0 Å². The van der Waals surface area contributed by atoms with E-state index < -0.39 is 11.5 Å². The van der Waals surface area contributed by atoms with Crippen LogP contribution in [0.4, 0.5) is 0 Å². The number of rotatable bonds is 5. The summed E-state index contributed by atoms with van der Waals surface area (Å²) < 4.78 is 11.4. The summed E-state index contributed by atoms with van der Waals surface area (Å²) in [5.41, 5.74) is 2.22. The highest BCUT2D eigenvalue weighted by molar-refractivity contribution is 5.77. The van der Waals surface area contributed by atoms with Gasteiger partial charge in [-0.2, -0.15) is 10.2 Å². The predicted molar refractivity (Wildman–Crippen MR) is 121 cm³/mol. The Labute approximate surface area is 190 Å². The van der Waals surface area contributed by atoms with Gasteiger partial charge in [0.1, 0.15) is 30.2 Å². The average Bonchev–Trinajstić information content (AvgIpc) is 3.51. The monoisotopic (exact) mass is 447 g/mol. The first-order valence-electron chi connectivity index (χ1n) is 10.8. The lowest BCUT2D eigenvalue weighted by atomic mass is 10.0. The maximum absolute atomic E-state index is 11.6. The lowest BCUT2D eigenvalue weighted by molar-refractivity contribution is -0.146. The Morgan fingerprint density at radius 1 is 1.15 bits per heavy atom. The smallest absolute Gasteiger partial charge is 0.331 e. The molecule has 0 fully saturated rings. The SMILES string of the molecule is CC(C)n1ncnc1-c1cn2c(n1)-c1ccc(-c3cnn(C(C)(C)C(=O)O)c3)cc1OCC2. The lowest BCUT2D eigenvalue weighted by Gasteiger charge is -2.19. The van der Waals surface area contributed by atoms with Crippen LogP contribution >= 0.6 is 0 Å². The number of imidazole rings is 1. The molecule has 0 saturated carbocycles. The summed E-state index contributed by atoms with van der Waals surface area (Å²) in [6, 6.07) is 6.07. The van der Waals surface area contributed by atoms with E-state index in [0.717, 1.165) is 39.8 Å². The Hall–Kier alpha value is -3.95. The summed E-state index contributed by atoms with van der Waals surface area (Å²) in [4.78, 5) is 20.8. The maximum Gasteiger partial charge on any atom is 0.331 e. The number of aliphatic carboxylic acids is 1. The lowest BCUT2D eigenvalue weighted by Crippen LogP contribution is -2.35. The molecule has 10 heteroatoms. The molecular formula is C23H25N7O3. The Balaban J connectivity index is 1.53. The molecule has 0 spiro atoms. The second-order valence-corrected chi connectivity index (χ2v) is 8.86. The fourth-order valence-electron chi connectivity index (χ4n) is 3.86. The molecule has 0 amide bonds. The van der Waals surface area contributed by atoms with Crippen LogP contribution in [0.25, 0.3) is 34.0 Å². The molecule has 0 bridgehead atoms. The summed E-state index contributed by atoms with van der Waals surface area (Å²) in [6.07, 6.45) is 6.95. The van der Waals surface area contributed by atoms with E-state index in [0.29, 0.717) is 13.2 Å². The van der Waals surface area contributed by atoms with Gasteiger partial charge in [0.05, 0.1) is 18.3 Å². The molecule has 10 nitrogen and oxygen atoms in total. The van der Waals surface area contributed by atoms with Gasteiger partial charge in [-0.15, -0.1) is 0 Å². The molecule has 33 heavy (non-hydrogen) atoms. The topological polar surface area (TPSA) is 113 Å². The van der Waals surface area contributed by atoms with Crippen LogP contribution in [0, 0.1) is 0 Å². The van der Waals surface area contributed by atoms with Gasteiger partial charge in [-0.05, 0) is 45.4 Å². The molecule has 5 rings (SSSR count). The average molecular weight is 447 g/mol. The van der Waals surface area contributed by atoms with Crippen LogP contribution in [0.1, 0.15) is 33.7 Å². The fourth-order valence-corrected chi connectivity index (χ4v) is 3.86. The molecular weight excluding hydrogens is 422 g/mol. The number of ether oxygens (including phenoxy) is 1. The molecule has 1 aliphatic rings. The zero-order valence-corrected chi connectivity index (χ0v) is 18.9. The van der Waals surface area contributed by atoms with Crippen molar-refractivity contribution in [1.82, 2.24) is 34.1 Å². The minimum atomic E-state index is -1.14. The first-order chi connectivity index (χ1) is 15.8. The highest BCUT2D eigenvalue weighted by atomic mass is 16.5. The number of carboxylic acid groups (broad SMARTS) is 1. The van der Waals surface area contributed by atoms with Gasteiger partial charge >= 0.3 is 5.97 Å². The third-order valence-corrected chi connectivity index (χ3v) is 5.89. The molecule has 1 aliphatic heterocycles. The van der Waals surface area contributed by atoms with Crippen molar-refractivity contribution in [3.63, 3.8) is 0 Å². The van der Waals surface area contributed by atoms with Crippen LogP contribution in [0.15, 0.2) is 43.1 Å². The molecule has 1 N–H and O–H groups in total. The van der Waals surface area contributed by atoms with Crippen LogP contribution in [0.2, 0.25) is 0 Å². The molecule has 0 radical (unpaired) electrons. The van der Waals surface area contributed by atoms with E-state index in [2.05, 4.69) is 33.6 Å². The Morgan fingerprint density at radius 2 is 1.97 bits per heavy atom. The van der Waals surface area contributed by atoms with E-state index in [4.69, 9.17) is 9.72 Å². The Morgan fingerprint density at radius 3 is 2.73 bits per heavy atom. The second-order valence-electron chi connectivity index (χ2n) is 8.86. The van der Waals surface area contributed by atoms with Gasteiger partial charge in [0, 0.05) is 24.0 Å². The van der Waals surface area contributed by atoms with Crippen LogP contribution in [0.3, 0.4) is 0 Å². The van der Waals surface area contributed by atoms with Crippen LogP contribution in [-0.4, -0.2) is 51.8 Å². The molecule has 4 aromatic rings. The molecule has 3 aromatic heterocycles. The fraction of sp³-hybridized carbons (Fsp3) is 0.348. The van der Waals surface area contributed by atoms with Crippen molar-refractivity contribution < 1.29 is 14.6 Å². The third-order valence-electron chi connectivity index (χ3n) is 5.89. The third kappa shape index (κ3) is 3.47. The zero-order chi connectivity index (χ0) is 23.3. The van der Waals surface area contributed by atoms with Crippen molar-refractivity contribution in [2.75, 3.05) is 6.61 Å². The number of carbonyl (C=O) groups is 1. The van der Waals surface area contributed by atoms with Gasteiger partial charge < -0.3 is 14.4 Å². The molecule has 0 aliphatic carbocycles. The van der Waals surface area contributed by atoms with Gasteiger partial charge in [0.2, 0.25) is 0 Å². The van der Waals surface area contributed by atoms with Crippen molar-refractivity contribution in [2.24, 2.45) is 0 Å². The molecule has 0 atom stereocenters. The first kappa shape index (κ1) is 20.9. The molecule has 0 saturated heterocycles. The number of hydrogen-bond acceptors (Lipinski definition) is 6. The summed E-state index contributed by atoms with van der Waals surface area (Å²) in [5, 5.41) is 18.1. The van der Waals surface area contributed by atoms with Crippen molar-refractivity contribution in [1.29, 1.82) is 0 Å². The summed E-state index contributed by atoms with van der Waals surface area (Å²) in [6.45, 7) is 8.51. The quantitative estimate of drug-likeness (QED) is 0.498. The second kappa shape index (κ2) is 7.58. The minimum Gasteiger partial charge on any atom is -0.491 e. The standard InChI is InChI=1S/C23H25N7O3/c1-14(2)30-21(24-13-26-30)18-12-28-7-8-33-19-9-15(5-6-17(19)20(28)27-18)16-10-25-29(11-16)23(3,4)22(31)32/h5-6,9-14H,7-8H2,1-4H3,(H,31,32). The van der Waals surface area contributed by atoms with Gasteiger partial charge in [0.15, 0.2) is 11.4 Å². The van der Waals surface area contributed by atoms with Crippen LogP contribution < -0.4 is 4.74 Å². The van der Waals surface area contributed by atoms with E-state index in [1.807, 2.05) is 29.1 Å². The van der Waals surface area contributed by atoms with Crippen molar-refractivity contribution >= 4 is 5.97 Å². The first-order valence-corrected chi connectivity index (χ1v) is 10.8. The highest BCUT2D eigenvalue weighted by Gasteiger charge is 2.30. The maximum atomic E-state index is 11.6. The van der Waals surface area contributed by atoms with E-state index in [1.54, 1.807) is 32.6 Å². The van der Waals surface area contributed by atoms with Gasteiger partial charge in [-0.1, -0.05) is 6.07 Å². The number of benzene rings is 1. The normalized spacial score (nSPS) is 13.4. The van der Waals surface area contributed by atoms with E-state index in [9.17, 15) is 9.90 Å². The number of nitrogens with zero attached hydrogens (tertiary/aromatic N) is 7. The van der Waals surface area contributed by atoms with Crippen LogP contribution in [0.5, 0.6) is 5.75 Å². The molecule has 170 valence electrons. The Kier molecular flexibility index (Phi) is 4.80. The van der Waals surface area contributed by atoms with Gasteiger partial charge in [0.25, 0.3) is 0 Å². The number of fused-ring (bicyclic) bond motifs is 3.